The maximum Gasteiger partial charge on any atom is 0.225 e. The average molecular weight is 228 g/mol. The highest BCUT2D eigenvalue weighted by molar-refractivity contribution is 5.78. The second-order valence-electron chi connectivity index (χ2n) is 4.65. The maximum absolute atomic E-state index is 12.1. The number of ether oxygens (including phenoxy) is 1. The van der Waals surface area contributed by atoms with Crippen LogP contribution in [0.25, 0.3) is 0 Å². The van der Waals surface area contributed by atoms with Crippen LogP contribution in [-0.2, 0) is 9.53 Å². The van der Waals surface area contributed by atoms with Crippen LogP contribution in [0.5, 0.6) is 0 Å². The fourth-order valence-corrected chi connectivity index (χ4v) is 2.05. The average Bonchev–Trinajstić information content (AvgIpc) is 2.49. The van der Waals surface area contributed by atoms with Crippen molar-refractivity contribution in [2.24, 2.45) is 11.7 Å². The molecule has 0 aromatic carbocycles. The van der Waals surface area contributed by atoms with Crippen molar-refractivity contribution < 1.29 is 9.53 Å². The van der Waals surface area contributed by atoms with E-state index in [1.807, 2.05) is 18.7 Å². The summed E-state index contributed by atoms with van der Waals surface area (Å²) in [6.45, 7) is 7.01. The van der Waals surface area contributed by atoms with Gasteiger partial charge in [-0.3, -0.25) is 4.79 Å². The molecular formula is C12H24N2O2. The molecule has 0 aromatic heterocycles. The molecule has 0 radical (unpaired) electrons. The minimum absolute atomic E-state index is 0.0915. The van der Waals surface area contributed by atoms with Crippen LogP contribution >= 0.6 is 0 Å². The van der Waals surface area contributed by atoms with E-state index in [9.17, 15) is 4.79 Å². The lowest BCUT2D eigenvalue weighted by atomic mass is 10.0. The molecule has 1 heterocycles. The third kappa shape index (κ3) is 4.10. The molecule has 0 aliphatic carbocycles. The number of hydrogen-bond donors (Lipinski definition) is 1. The second kappa shape index (κ2) is 6.86. The Hall–Kier alpha value is -0.610. The van der Waals surface area contributed by atoms with Gasteiger partial charge in [-0.1, -0.05) is 6.92 Å². The first kappa shape index (κ1) is 13.5. The van der Waals surface area contributed by atoms with Crippen LogP contribution in [0.15, 0.2) is 0 Å². The van der Waals surface area contributed by atoms with E-state index >= 15 is 0 Å². The number of hydrogen-bond acceptors (Lipinski definition) is 3. The summed E-state index contributed by atoms with van der Waals surface area (Å²) in [5.74, 6) is 0.347. The molecule has 94 valence electrons. The van der Waals surface area contributed by atoms with Crippen LogP contribution in [0, 0.1) is 5.92 Å². The highest BCUT2D eigenvalue weighted by Crippen LogP contribution is 2.13. The van der Waals surface area contributed by atoms with Crippen molar-refractivity contribution in [3.05, 3.63) is 0 Å². The molecule has 16 heavy (non-hydrogen) atoms. The molecular weight excluding hydrogens is 204 g/mol. The van der Waals surface area contributed by atoms with Crippen LogP contribution in [0.4, 0.5) is 0 Å². The van der Waals surface area contributed by atoms with Crippen molar-refractivity contribution in [2.75, 3.05) is 26.2 Å². The first-order valence-electron chi connectivity index (χ1n) is 6.25. The Balaban J connectivity index is 2.44. The second-order valence-corrected chi connectivity index (χ2v) is 4.65. The van der Waals surface area contributed by atoms with Crippen molar-refractivity contribution in [1.29, 1.82) is 0 Å². The third-order valence-corrected chi connectivity index (χ3v) is 3.03. The van der Waals surface area contributed by atoms with Crippen molar-refractivity contribution in [3.8, 4) is 0 Å². The Kier molecular flexibility index (Phi) is 5.77. The molecule has 1 aliphatic heterocycles. The van der Waals surface area contributed by atoms with Gasteiger partial charge in [0.2, 0.25) is 5.91 Å². The summed E-state index contributed by atoms with van der Waals surface area (Å²) in [6.07, 6.45) is 2.92. The van der Waals surface area contributed by atoms with Gasteiger partial charge in [-0.25, -0.2) is 0 Å². The number of carbonyl (C=O) groups excluding carboxylic acids is 1. The van der Waals surface area contributed by atoms with Gasteiger partial charge in [0.15, 0.2) is 0 Å². The molecule has 1 aliphatic rings. The molecule has 1 rings (SSSR count). The van der Waals surface area contributed by atoms with Gasteiger partial charge in [0, 0.05) is 25.6 Å². The summed E-state index contributed by atoms with van der Waals surface area (Å²) in [7, 11) is 0. The van der Waals surface area contributed by atoms with Crippen LogP contribution in [-0.4, -0.2) is 43.2 Å². The summed E-state index contributed by atoms with van der Waals surface area (Å²) in [4.78, 5) is 14.1. The van der Waals surface area contributed by atoms with Gasteiger partial charge in [-0.2, -0.15) is 0 Å². The van der Waals surface area contributed by atoms with E-state index < -0.39 is 0 Å². The van der Waals surface area contributed by atoms with E-state index in [2.05, 4.69) is 0 Å². The summed E-state index contributed by atoms with van der Waals surface area (Å²) in [5.41, 5.74) is 5.46. The van der Waals surface area contributed by atoms with Crippen molar-refractivity contribution in [2.45, 2.75) is 39.2 Å². The van der Waals surface area contributed by atoms with Gasteiger partial charge in [0.05, 0.1) is 6.10 Å². The SMILES string of the molecule is CC1CN(C(=O)C(C)CCCN)CCCO1. The molecule has 0 spiro atoms. The molecule has 0 bridgehead atoms. The van der Waals surface area contributed by atoms with Gasteiger partial charge in [-0.05, 0) is 32.7 Å². The molecule has 1 saturated heterocycles. The predicted molar refractivity (Wildman–Crippen MR) is 64.1 cm³/mol. The largest absolute Gasteiger partial charge is 0.377 e. The van der Waals surface area contributed by atoms with Crippen molar-refractivity contribution >= 4 is 5.91 Å². The number of amides is 1. The van der Waals surface area contributed by atoms with Gasteiger partial charge in [-0.15, -0.1) is 0 Å². The summed E-state index contributed by atoms with van der Waals surface area (Å²) in [5, 5.41) is 0. The van der Waals surface area contributed by atoms with E-state index in [0.717, 1.165) is 39.0 Å². The topological polar surface area (TPSA) is 55.6 Å². The Morgan fingerprint density at radius 1 is 1.62 bits per heavy atom. The van der Waals surface area contributed by atoms with E-state index in [4.69, 9.17) is 10.5 Å². The summed E-state index contributed by atoms with van der Waals surface area (Å²) < 4.78 is 5.53. The highest BCUT2D eigenvalue weighted by Gasteiger charge is 2.23. The summed E-state index contributed by atoms with van der Waals surface area (Å²) >= 11 is 0. The highest BCUT2D eigenvalue weighted by atomic mass is 16.5. The van der Waals surface area contributed by atoms with Crippen molar-refractivity contribution in [3.63, 3.8) is 0 Å². The molecule has 4 heteroatoms. The quantitative estimate of drug-likeness (QED) is 0.781. The fourth-order valence-electron chi connectivity index (χ4n) is 2.05. The predicted octanol–water partition coefficient (Wildman–Crippen LogP) is 0.999. The van der Waals surface area contributed by atoms with Gasteiger partial charge in [0.1, 0.15) is 0 Å². The Morgan fingerprint density at radius 2 is 2.38 bits per heavy atom. The number of rotatable bonds is 4. The third-order valence-electron chi connectivity index (χ3n) is 3.03. The van der Waals surface area contributed by atoms with Gasteiger partial charge in [0.25, 0.3) is 0 Å². The Bertz CT molecular complexity index is 221. The van der Waals surface area contributed by atoms with Crippen LogP contribution in [0.2, 0.25) is 0 Å². The lowest BCUT2D eigenvalue weighted by Gasteiger charge is -2.25. The van der Waals surface area contributed by atoms with Gasteiger partial charge < -0.3 is 15.4 Å². The normalized spacial score (nSPS) is 23.9. The molecule has 1 amide bonds. The van der Waals surface area contributed by atoms with E-state index in [0.29, 0.717) is 6.54 Å². The smallest absolute Gasteiger partial charge is 0.225 e. The first-order valence-corrected chi connectivity index (χ1v) is 6.25. The monoisotopic (exact) mass is 228 g/mol. The Morgan fingerprint density at radius 3 is 3.06 bits per heavy atom. The lowest BCUT2D eigenvalue weighted by molar-refractivity contribution is -0.135. The molecule has 2 N–H and O–H groups in total. The minimum Gasteiger partial charge on any atom is -0.377 e. The van der Waals surface area contributed by atoms with Crippen LogP contribution in [0.1, 0.15) is 33.1 Å². The van der Waals surface area contributed by atoms with Crippen molar-refractivity contribution in [1.82, 2.24) is 4.90 Å². The fraction of sp³-hybridized carbons (Fsp3) is 0.917. The van der Waals surface area contributed by atoms with E-state index in [1.54, 1.807) is 0 Å². The zero-order chi connectivity index (χ0) is 12.0. The maximum atomic E-state index is 12.1. The molecule has 4 nitrogen and oxygen atoms in total. The molecule has 1 fully saturated rings. The lowest BCUT2D eigenvalue weighted by Crippen LogP contribution is -2.39. The number of nitrogens with two attached hydrogens (primary N) is 1. The molecule has 0 saturated carbocycles. The molecule has 2 atom stereocenters. The van der Waals surface area contributed by atoms with Gasteiger partial charge >= 0.3 is 0 Å². The Labute approximate surface area is 98.1 Å². The molecule has 2 unspecified atom stereocenters. The van der Waals surface area contributed by atoms with E-state index in [-0.39, 0.29) is 17.9 Å². The number of carbonyl (C=O) groups is 1. The van der Waals surface area contributed by atoms with Crippen LogP contribution < -0.4 is 5.73 Å². The standard InChI is InChI=1S/C12H24N2O2/c1-10(5-3-6-13)12(15)14-7-4-8-16-11(2)9-14/h10-11H,3-9,13H2,1-2H3. The zero-order valence-electron chi connectivity index (χ0n) is 10.4. The number of nitrogens with zero attached hydrogens (tertiary/aromatic N) is 1. The first-order chi connectivity index (χ1) is 7.65. The molecule has 0 aromatic rings. The van der Waals surface area contributed by atoms with E-state index in [1.165, 1.54) is 0 Å². The zero-order valence-corrected chi connectivity index (χ0v) is 10.4. The minimum atomic E-state index is 0.0915. The van der Waals surface area contributed by atoms with Crippen LogP contribution in [0.3, 0.4) is 0 Å². The summed E-state index contributed by atoms with van der Waals surface area (Å²) in [6, 6.07) is 0.